The van der Waals surface area contributed by atoms with Crippen molar-refractivity contribution in [1.82, 2.24) is 10.7 Å². The quantitative estimate of drug-likeness (QED) is 0.412. The van der Waals surface area contributed by atoms with E-state index in [1.165, 1.54) is 13.3 Å². The summed E-state index contributed by atoms with van der Waals surface area (Å²) >= 11 is 6.03. The Morgan fingerprint density at radius 1 is 1.15 bits per heavy atom. The minimum atomic E-state index is -0.855. The molecule has 0 fully saturated rings. The Labute approximate surface area is 156 Å². The highest BCUT2D eigenvalue weighted by Gasteiger charge is 2.09. The van der Waals surface area contributed by atoms with Gasteiger partial charge < -0.3 is 15.4 Å². The SMILES string of the molecule is CCOc1ccc(Nc2ccc(Cl)cc2/C=N\NC(=O)C(=O)NC)cc1. The summed E-state index contributed by atoms with van der Waals surface area (Å²) in [5.41, 5.74) is 4.37. The zero-order chi connectivity index (χ0) is 18.9. The number of benzene rings is 2. The molecule has 3 N–H and O–H groups in total. The Morgan fingerprint density at radius 2 is 1.88 bits per heavy atom. The number of carbonyl (C=O) groups excluding carboxylic acids is 2. The summed E-state index contributed by atoms with van der Waals surface area (Å²) in [5, 5.41) is 9.76. The van der Waals surface area contributed by atoms with E-state index in [1.807, 2.05) is 31.2 Å². The third-order valence-electron chi connectivity index (χ3n) is 3.26. The maximum atomic E-state index is 11.4. The molecule has 0 heterocycles. The van der Waals surface area contributed by atoms with E-state index in [0.717, 1.165) is 17.1 Å². The molecule has 0 unspecified atom stereocenters. The van der Waals surface area contributed by atoms with Gasteiger partial charge in [0.2, 0.25) is 0 Å². The van der Waals surface area contributed by atoms with Gasteiger partial charge in [0.1, 0.15) is 5.75 Å². The number of hydrogen-bond acceptors (Lipinski definition) is 5. The van der Waals surface area contributed by atoms with Gasteiger partial charge in [0.05, 0.1) is 12.8 Å². The first-order valence-corrected chi connectivity index (χ1v) is 8.25. The van der Waals surface area contributed by atoms with E-state index >= 15 is 0 Å². The number of hydrazone groups is 1. The Kier molecular flexibility index (Phi) is 6.99. The Bertz CT molecular complexity index is 807. The van der Waals surface area contributed by atoms with Crippen LogP contribution < -0.4 is 20.8 Å². The van der Waals surface area contributed by atoms with Gasteiger partial charge in [-0.2, -0.15) is 5.10 Å². The van der Waals surface area contributed by atoms with Crippen LogP contribution in [0.2, 0.25) is 5.02 Å². The number of likely N-dealkylation sites (N-methyl/N-ethyl adjacent to an activating group) is 1. The van der Waals surface area contributed by atoms with Crippen LogP contribution in [0.15, 0.2) is 47.6 Å². The van der Waals surface area contributed by atoms with Crippen LogP contribution in [-0.4, -0.2) is 31.7 Å². The molecule has 0 aliphatic rings. The van der Waals surface area contributed by atoms with Crippen LogP contribution in [0, 0.1) is 0 Å². The lowest BCUT2D eigenvalue weighted by Gasteiger charge is -2.11. The van der Waals surface area contributed by atoms with Crippen molar-refractivity contribution >= 4 is 41.0 Å². The summed E-state index contributed by atoms with van der Waals surface area (Å²) in [6, 6.07) is 12.7. The summed E-state index contributed by atoms with van der Waals surface area (Å²) in [6.07, 6.45) is 1.41. The molecule has 0 atom stereocenters. The fraction of sp³-hybridized carbons (Fsp3) is 0.167. The maximum absolute atomic E-state index is 11.4. The number of amides is 2. The number of nitrogens with zero attached hydrogens (tertiary/aromatic N) is 1. The van der Waals surface area contributed by atoms with Crippen molar-refractivity contribution in [3.8, 4) is 5.75 Å². The number of halogens is 1. The topological polar surface area (TPSA) is 91.8 Å². The van der Waals surface area contributed by atoms with E-state index in [0.29, 0.717) is 17.2 Å². The van der Waals surface area contributed by atoms with Crippen LogP contribution in [0.4, 0.5) is 11.4 Å². The van der Waals surface area contributed by atoms with Crippen molar-refractivity contribution in [2.45, 2.75) is 6.92 Å². The molecule has 0 aromatic heterocycles. The number of rotatable bonds is 6. The van der Waals surface area contributed by atoms with Crippen molar-refractivity contribution in [3.05, 3.63) is 53.1 Å². The molecule has 2 rings (SSSR count). The minimum Gasteiger partial charge on any atom is -0.494 e. The lowest BCUT2D eigenvalue weighted by molar-refractivity contribution is -0.138. The summed E-state index contributed by atoms with van der Waals surface area (Å²) < 4.78 is 5.42. The second kappa shape index (κ2) is 9.43. The summed E-state index contributed by atoms with van der Waals surface area (Å²) in [6.45, 7) is 2.53. The van der Waals surface area contributed by atoms with Crippen LogP contribution in [-0.2, 0) is 9.59 Å². The lowest BCUT2D eigenvalue weighted by Crippen LogP contribution is -2.35. The molecule has 2 aromatic rings. The average molecular weight is 375 g/mol. The van der Waals surface area contributed by atoms with E-state index in [2.05, 4.69) is 21.2 Å². The third kappa shape index (κ3) is 5.49. The molecule has 2 aromatic carbocycles. The van der Waals surface area contributed by atoms with Crippen molar-refractivity contribution in [2.24, 2.45) is 5.10 Å². The third-order valence-corrected chi connectivity index (χ3v) is 3.50. The van der Waals surface area contributed by atoms with Gasteiger partial charge in [0.15, 0.2) is 0 Å². The van der Waals surface area contributed by atoms with Gasteiger partial charge >= 0.3 is 11.8 Å². The zero-order valence-electron chi connectivity index (χ0n) is 14.4. The molecular weight excluding hydrogens is 356 g/mol. The molecule has 2 amide bonds. The van der Waals surface area contributed by atoms with Crippen LogP contribution >= 0.6 is 11.6 Å². The van der Waals surface area contributed by atoms with Crippen LogP contribution in [0.5, 0.6) is 5.75 Å². The standard InChI is InChI=1S/C18H19ClN4O3/c1-3-26-15-7-5-14(6-8-15)22-16-9-4-13(19)10-12(16)11-21-23-18(25)17(24)20-2/h4-11,22H,3H2,1-2H3,(H,20,24)(H,23,25)/b21-11-. The molecule has 7 nitrogen and oxygen atoms in total. The monoisotopic (exact) mass is 374 g/mol. The molecule has 0 aliphatic heterocycles. The Morgan fingerprint density at radius 3 is 2.54 bits per heavy atom. The molecule has 26 heavy (non-hydrogen) atoms. The molecule has 0 aliphatic carbocycles. The Balaban J connectivity index is 2.13. The van der Waals surface area contributed by atoms with Gasteiger partial charge in [-0.1, -0.05) is 11.6 Å². The number of ether oxygens (including phenoxy) is 1. The maximum Gasteiger partial charge on any atom is 0.329 e. The largest absolute Gasteiger partial charge is 0.494 e. The summed E-state index contributed by atoms with van der Waals surface area (Å²) in [5.74, 6) is -0.847. The second-order valence-corrected chi connectivity index (χ2v) is 5.53. The highest BCUT2D eigenvalue weighted by atomic mass is 35.5. The predicted octanol–water partition coefficient (Wildman–Crippen LogP) is 2.68. The number of anilines is 2. The predicted molar refractivity (Wildman–Crippen MR) is 102 cm³/mol. The first kappa shape index (κ1) is 19.3. The van der Waals surface area contributed by atoms with Gasteiger partial charge in [-0.25, -0.2) is 5.43 Å². The van der Waals surface area contributed by atoms with Gasteiger partial charge in [0.25, 0.3) is 0 Å². The summed E-state index contributed by atoms with van der Waals surface area (Å²) in [4.78, 5) is 22.6. The highest BCUT2D eigenvalue weighted by molar-refractivity contribution is 6.35. The highest BCUT2D eigenvalue weighted by Crippen LogP contribution is 2.24. The van der Waals surface area contributed by atoms with Crippen molar-refractivity contribution in [1.29, 1.82) is 0 Å². The smallest absolute Gasteiger partial charge is 0.329 e. The molecule has 0 radical (unpaired) electrons. The minimum absolute atomic E-state index is 0.515. The van der Waals surface area contributed by atoms with Gasteiger partial charge in [-0.05, 0) is 49.4 Å². The van der Waals surface area contributed by atoms with E-state index in [1.54, 1.807) is 18.2 Å². The van der Waals surface area contributed by atoms with Gasteiger partial charge in [0, 0.05) is 29.0 Å². The average Bonchev–Trinajstić information content (AvgIpc) is 2.64. The lowest BCUT2D eigenvalue weighted by atomic mass is 10.2. The number of nitrogens with one attached hydrogen (secondary N) is 3. The molecule has 0 saturated carbocycles. The molecule has 0 bridgehead atoms. The molecule has 8 heteroatoms. The van der Waals surface area contributed by atoms with Gasteiger partial charge in [-0.3, -0.25) is 9.59 Å². The van der Waals surface area contributed by atoms with Crippen LogP contribution in [0.25, 0.3) is 0 Å². The molecule has 136 valence electrons. The van der Waals surface area contributed by atoms with Crippen molar-refractivity contribution in [2.75, 3.05) is 19.0 Å². The van der Waals surface area contributed by atoms with E-state index in [9.17, 15) is 9.59 Å². The van der Waals surface area contributed by atoms with Crippen molar-refractivity contribution < 1.29 is 14.3 Å². The van der Waals surface area contributed by atoms with Crippen LogP contribution in [0.1, 0.15) is 12.5 Å². The summed E-state index contributed by atoms with van der Waals surface area (Å²) in [7, 11) is 1.36. The van der Waals surface area contributed by atoms with E-state index in [4.69, 9.17) is 16.3 Å². The first-order valence-electron chi connectivity index (χ1n) is 7.88. The molecule has 0 saturated heterocycles. The molecular formula is C18H19ClN4O3. The second-order valence-electron chi connectivity index (χ2n) is 5.09. The van der Waals surface area contributed by atoms with E-state index in [-0.39, 0.29) is 0 Å². The first-order chi connectivity index (χ1) is 12.5. The van der Waals surface area contributed by atoms with Crippen molar-refractivity contribution in [3.63, 3.8) is 0 Å². The fourth-order valence-corrected chi connectivity index (χ4v) is 2.22. The fourth-order valence-electron chi connectivity index (χ4n) is 2.04. The number of carbonyl (C=O) groups is 2. The number of hydrogen-bond donors (Lipinski definition) is 3. The van der Waals surface area contributed by atoms with Gasteiger partial charge in [-0.15, -0.1) is 0 Å². The van der Waals surface area contributed by atoms with E-state index < -0.39 is 11.8 Å². The molecule has 0 spiro atoms. The normalized spacial score (nSPS) is 10.4. The Hall–Kier alpha value is -3.06. The van der Waals surface area contributed by atoms with Crippen LogP contribution in [0.3, 0.4) is 0 Å². The zero-order valence-corrected chi connectivity index (χ0v) is 15.1.